The van der Waals surface area contributed by atoms with Gasteiger partial charge in [-0.3, -0.25) is 4.79 Å². The molecule has 0 aliphatic carbocycles. The second-order valence-corrected chi connectivity index (χ2v) is 5.84. The molecule has 0 atom stereocenters. The van der Waals surface area contributed by atoms with E-state index in [9.17, 15) is 10.1 Å². The third-order valence-corrected chi connectivity index (χ3v) is 4.36. The van der Waals surface area contributed by atoms with Crippen molar-refractivity contribution in [3.05, 3.63) is 35.3 Å². The Labute approximate surface area is 138 Å². The van der Waals surface area contributed by atoms with Crippen molar-refractivity contribution in [3.63, 3.8) is 0 Å². The molecule has 1 aromatic carbocycles. The Morgan fingerprint density at radius 3 is 2.92 bits per heavy atom. The summed E-state index contributed by atoms with van der Waals surface area (Å²) in [5.74, 6) is 0.467. The number of nitriles is 1. The van der Waals surface area contributed by atoms with Crippen LogP contribution < -0.4 is 10.2 Å². The predicted molar refractivity (Wildman–Crippen MR) is 86.8 cm³/mol. The Kier molecular flexibility index (Phi) is 3.46. The number of hydrogen-bond acceptors (Lipinski definition) is 6. The number of carbonyl (C=O) groups is 1. The smallest absolute Gasteiger partial charge is 0.227 e. The van der Waals surface area contributed by atoms with E-state index in [1.807, 2.05) is 17.0 Å². The summed E-state index contributed by atoms with van der Waals surface area (Å²) >= 11 is 0. The first-order chi connectivity index (χ1) is 11.8. The van der Waals surface area contributed by atoms with Crippen molar-refractivity contribution in [1.29, 1.82) is 5.26 Å². The minimum absolute atomic E-state index is 0.216. The van der Waals surface area contributed by atoms with Crippen LogP contribution >= 0.6 is 0 Å². The topological polar surface area (TPSA) is 111 Å². The molecule has 2 N–H and O–H groups in total. The molecule has 0 spiro atoms. The second kappa shape index (κ2) is 5.77. The molecule has 3 heterocycles. The second-order valence-electron chi connectivity index (χ2n) is 5.84. The van der Waals surface area contributed by atoms with Crippen LogP contribution in [0.1, 0.15) is 29.8 Å². The zero-order valence-corrected chi connectivity index (χ0v) is 12.9. The number of allylic oxidation sites excluding steroid dienone is 1. The van der Waals surface area contributed by atoms with Crippen LogP contribution in [0.2, 0.25) is 0 Å². The predicted octanol–water partition coefficient (Wildman–Crippen LogP) is 1.40. The summed E-state index contributed by atoms with van der Waals surface area (Å²) in [6, 6.07) is 6.14. The highest BCUT2D eigenvalue weighted by Crippen LogP contribution is 2.37. The molecule has 0 saturated heterocycles. The van der Waals surface area contributed by atoms with Crippen molar-refractivity contribution in [1.82, 2.24) is 20.6 Å². The number of carbonyl (C=O) groups excluding carboxylic acids is 1. The highest BCUT2D eigenvalue weighted by atomic mass is 16.2. The number of H-pyrrole nitrogens is 1. The standard InChI is InChI=1S/C16H15N7O/c17-8-12(16-19-21-22-20-16)9-18-13-6-10-2-1-5-23-14(24)4-3-11(7-13)15(10)23/h6-7,9,18H,1-5H2,(H,19,20,21,22). The van der Waals surface area contributed by atoms with Gasteiger partial charge in [0, 0.05) is 24.9 Å². The Morgan fingerprint density at radius 1 is 1.33 bits per heavy atom. The maximum absolute atomic E-state index is 12.1. The van der Waals surface area contributed by atoms with Crippen LogP contribution in [0.4, 0.5) is 11.4 Å². The fourth-order valence-corrected chi connectivity index (χ4v) is 3.31. The van der Waals surface area contributed by atoms with Gasteiger partial charge in [-0.25, -0.2) is 0 Å². The molecule has 4 rings (SSSR count). The maximum atomic E-state index is 12.1. The molecule has 0 unspecified atom stereocenters. The van der Waals surface area contributed by atoms with Gasteiger partial charge < -0.3 is 10.2 Å². The third-order valence-electron chi connectivity index (χ3n) is 4.36. The van der Waals surface area contributed by atoms with Crippen molar-refractivity contribution >= 4 is 22.9 Å². The molecule has 8 nitrogen and oxygen atoms in total. The summed E-state index contributed by atoms with van der Waals surface area (Å²) in [6.45, 7) is 0.807. The van der Waals surface area contributed by atoms with Gasteiger partial charge in [0.2, 0.25) is 11.7 Å². The van der Waals surface area contributed by atoms with E-state index < -0.39 is 0 Å². The molecular formula is C16H15N7O. The maximum Gasteiger partial charge on any atom is 0.227 e. The minimum Gasteiger partial charge on any atom is -0.360 e. The molecule has 2 aliphatic heterocycles. The number of benzene rings is 1. The molecule has 0 saturated carbocycles. The molecule has 0 bridgehead atoms. The fourth-order valence-electron chi connectivity index (χ4n) is 3.31. The lowest BCUT2D eigenvalue weighted by Gasteiger charge is -2.35. The zero-order valence-electron chi connectivity index (χ0n) is 12.9. The molecule has 1 amide bonds. The molecular weight excluding hydrogens is 306 g/mol. The summed E-state index contributed by atoms with van der Waals surface area (Å²) in [4.78, 5) is 14.0. The highest BCUT2D eigenvalue weighted by Gasteiger charge is 2.29. The SMILES string of the molecule is N#CC(=CNc1cc2c3c(c1)CCC(=O)N3CCC2)c1nn[nH]n1. The molecule has 24 heavy (non-hydrogen) atoms. The van der Waals surface area contributed by atoms with Gasteiger partial charge >= 0.3 is 0 Å². The Bertz CT molecular complexity index is 846. The molecule has 120 valence electrons. The van der Waals surface area contributed by atoms with Crippen LogP contribution in [0.3, 0.4) is 0 Å². The van der Waals surface area contributed by atoms with Gasteiger partial charge in [0.25, 0.3) is 0 Å². The summed E-state index contributed by atoms with van der Waals surface area (Å²) in [5, 5.41) is 25.8. The van der Waals surface area contributed by atoms with Gasteiger partial charge in [0.1, 0.15) is 11.6 Å². The normalized spacial score (nSPS) is 16.5. The molecule has 1 aromatic heterocycles. The van der Waals surface area contributed by atoms with Crippen molar-refractivity contribution in [3.8, 4) is 6.07 Å². The highest BCUT2D eigenvalue weighted by molar-refractivity contribution is 5.98. The monoisotopic (exact) mass is 321 g/mol. The van der Waals surface area contributed by atoms with Crippen LogP contribution in [0.25, 0.3) is 5.57 Å². The third kappa shape index (κ3) is 2.40. The van der Waals surface area contributed by atoms with Crippen molar-refractivity contribution < 1.29 is 4.79 Å². The molecule has 2 aromatic rings. The Morgan fingerprint density at radius 2 is 2.17 bits per heavy atom. The van der Waals surface area contributed by atoms with E-state index in [0.717, 1.165) is 37.2 Å². The molecule has 0 fully saturated rings. The van der Waals surface area contributed by atoms with Crippen LogP contribution in [-0.4, -0.2) is 33.1 Å². The van der Waals surface area contributed by atoms with Gasteiger partial charge in [-0.15, -0.1) is 10.2 Å². The number of nitrogens with zero attached hydrogens (tertiary/aromatic N) is 5. The first-order valence-electron chi connectivity index (χ1n) is 7.83. The number of aromatic amines is 1. The lowest BCUT2D eigenvalue weighted by Crippen LogP contribution is -2.39. The first kappa shape index (κ1) is 14.4. The van der Waals surface area contributed by atoms with E-state index in [0.29, 0.717) is 12.0 Å². The van der Waals surface area contributed by atoms with E-state index in [4.69, 9.17) is 0 Å². The number of tetrazole rings is 1. The van der Waals surface area contributed by atoms with Crippen molar-refractivity contribution in [2.75, 3.05) is 16.8 Å². The average molecular weight is 321 g/mol. The quantitative estimate of drug-likeness (QED) is 0.827. The number of nitrogens with one attached hydrogen (secondary N) is 2. The van der Waals surface area contributed by atoms with Crippen LogP contribution in [0, 0.1) is 11.3 Å². The van der Waals surface area contributed by atoms with Crippen LogP contribution in [-0.2, 0) is 17.6 Å². The lowest BCUT2D eigenvalue weighted by atomic mass is 9.91. The van der Waals surface area contributed by atoms with E-state index in [1.54, 1.807) is 6.20 Å². The summed E-state index contributed by atoms with van der Waals surface area (Å²) in [5.41, 5.74) is 4.65. The van der Waals surface area contributed by atoms with Gasteiger partial charge in [0.05, 0.1) is 5.69 Å². The van der Waals surface area contributed by atoms with Gasteiger partial charge in [0.15, 0.2) is 0 Å². The first-order valence-corrected chi connectivity index (χ1v) is 7.83. The fraction of sp³-hybridized carbons (Fsp3) is 0.312. The number of anilines is 2. The number of aromatic nitrogens is 4. The number of hydrogen-bond donors (Lipinski definition) is 2. The number of aryl methyl sites for hydroxylation is 2. The minimum atomic E-state index is 0.216. The van der Waals surface area contributed by atoms with E-state index in [-0.39, 0.29) is 11.7 Å². The van der Waals surface area contributed by atoms with Gasteiger partial charge in [-0.2, -0.15) is 10.5 Å². The summed E-state index contributed by atoms with van der Waals surface area (Å²) in [6.07, 6.45) is 4.82. The molecule has 0 radical (unpaired) electrons. The zero-order chi connectivity index (χ0) is 16.5. The average Bonchev–Trinajstić information content (AvgIpc) is 3.13. The van der Waals surface area contributed by atoms with Gasteiger partial charge in [-0.05, 0) is 47.7 Å². The van der Waals surface area contributed by atoms with Crippen LogP contribution in [0.15, 0.2) is 18.3 Å². The largest absolute Gasteiger partial charge is 0.360 e. The number of rotatable bonds is 3. The van der Waals surface area contributed by atoms with E-state index in [1.165, 1.54) is 11.1 Å². The van der Waals surface area contributed by atoms with Crippen molar-refractivity contribution in [2.45, 2.75) is 25.7 Å². The molecule has 8 heteroatoms. The Hall–Kier alpha value is -3.21. The molecule has 2 aliphatic rings. The van der Waals surface area contributed by atoms with E-state index in [2.05, 4.69) is 32.0 Å². The van der Waals surface area contributed by atoms with Crippen molar-refractivity contribution in [2.24, 2.45) is 0 Å². The Balaban J connectivity index is 1.66. The van der Waals surface area contributed by atoms with Crippen LogP contribution in [0.5, 0.6) is 0 Å². The number of amides is 1. The van der Waals surface area contributed by atoms with E-state index >= 15 is 0 Å². The summed E-state index contributed by atoms with van der Waals surface area (Å²) in [7, 11) is 0. The lowest BCUT2D eigenvalue weighted by molar-refractivity contribution is -0.119. The summed E-state index contributed by atoms with van der Waals surface area (Å²) < 4.78 is 0. The van der Waals surface area contributed by atoms with Gasteiger partial charge in [-0.1, -0.05) is 0 Å².